The molecule has 0 bridgehead atoms. The zero-order chi connectivity index (χ0) is 14.3. The summed E-state index contributed by atoms with van der Waals surface area (Å²) in [5.74, 6) is -0.239. The van der Waals surface area contributed by atoms with Crippen molar-refractivity contribution in [2.45, 2.75) is 32.2 Å². The fourth-order valence-corrected chi connectivity index (χ4v) is 1.92. The lowest BCUT2D eigenvalue weighted by atomic mass is 10.00. The van der Waals surface area contributed by atoms with Gasteiger partial charge in [0.2, 0.25) is 0 Å². The van der Waals surface area contributed by atoms with Crippen LogP contribution in [0.1, 0.15) is 18.9 Å². The van der Waals surface area contributed by atoms with Crippen LogP contribution in [0.25, 0.3) is 0 Å². The topological polar surface area (TPSA) is 29.5 Å². The molecule has 0 radical (unpaired) electrons. The van der Waals surface area contributed by atoms with Crippen molar-refractivity contribution in [1.82, 2.24) is 0 Å². The molecule has 3 unspecified atom stereocenters. The van der Waals surface area contributed by atoms with Crippen LogP contribution < -0.4 is 0 Å². The van der Waals surface area contributed by atoms with E-state index in [2.05, 4.69) is 13.2 Å². The first kappa shape index (κ1) is 15.6. The third-order valence-electron chi connectivity index (χ3n) is 3.07. The Bertz CT molecular complexity index is 417. The predicted molar refractivity (Wildman–Crippen MR) is 75.2 cm³/mol. The van der Waals surface area contributed by atoms with E-state index in [4.69, 9.17) is 4.74 Å². The Morgan fingerprint density at radius 2 is 2.05 bits per heavy atom. The maximum absolute atomic E-state index is 13.4. The van der Waals surface area contributed by atoms with Crippen LogP contribution in [0.15, 0.2) is 49.6 Å². The highest BCUT2D eigenvalue weighted by molar-refractivity contribution is 5.17. The summed E-state index contributed by atoms with van der Waals surface area (Å²) in [5.41, 5.74) is 0.445. The van der Waals surface area contributed by atoms with Gasteiger partial charge in [-0.25, -0.2) is 4.39 Å². The molecule has 3 heteroatoms. The Hall–Kier alpha value is -1.45. The van der Waals surface area contributed by atoms with E-state index in [1.54, 1.807) is 30.4 Å². The van der Waals surface area contributed by atoms with Gasteiger partial charge in [-0.05, 0) is 25.0 Å². The van der Waals surface area contributed by atoms with Gasteiger partial charge < -0.3 is 9.84 Å². The number of hydrogen-bond donors (Lipinski definition) is 1. The van der Waals surface area contributed by atoms with Crippen LogP contribution in [0, 0.1) is 11.7 Å². The maximum Gasteiger partial charge on any atom is 0.159 e. The molecule has 0 saturated carbocycles. The molecule has 3 atom stereocenters. The Morgan fingerprint density at radius 1 is 1.37 bits per heavy atom. The molecule has 0 amide bonds. The zero-order valence-corrected chi connectivity index (χ0v) is 11.3. The number of hydrogen-bond acceptors (Lipinski definition) is 2. The molecular formula is C16H21FO2. The molecule has 2 nitrogen and oxygen atoms in total. The number of halogens is 1. The second kappa shape index (κ2) is 7.87. The molecule has 0 aliphatic rings. The second-order valence-electron chi connectivity index (χ2n) is 4.52. The van der Waals surface area contributed by atoms with Crippen LogP contribution in [0.4, 0.5) is 4.39 Å². The van der Waals surface area contributed by atoms with Crippen molar-refractivity contribution in [3.63, 3.8) is 0 Å². The van der Waals surface area contributed by atoms with Gasteiger partial charge in [-0.2, -0.15) is 0 Å². The van der Waals surface area contributed by atoms with E-state index < -0.39 is 6.29 Å². The number of ether oxygens (including phenoxy) is 1. The summed E-state index contributed by atoms with van der Waals surface area (Å²) in [7, 11) is 0. The van der Waals surface area contributed by atoms with Crippen LogP contribution in [-0.4, -0.2) is 17.5 Å². The molecule has 1 N–H and O–H groups in total. The Morgan fingerprint density at radius 3 is 2.63 bits per heavy atom. The maximum atomic E-state index is 13.4. The quantitative estimate of drug-likeness (QED) is 0.575. The smallest absolute Gasteiger partial charge is 0.159 e. The average molecular weight is 264 g/mol. The van der Waals surface area contributed by atoms with Gasteiger partial charge in [-0.1, -0.05) is 30.4 Å². The fraction of sp³-hybridized carbons (Fsp3) is 0.375. The van der Waals surface area contributed by atoms with Gasteiger partial charge in [0.25, 0.3) is 0 Å². The van der Waals surface area contributed by atoms with E-state index in [1.807, 2.05) is 6.92 Å². The second-order valence-corrected chi connectivity index (χ2v) is 4.52. The SMILES string of the molecule is C=CCC(C=C)C(C)OC(O)Cc1ccccc1F. The predicted octanol–water partition coefficient (Wildman–Crippen LogP) is 3.47. The van der Waals surface area contributed by atoms with Gasteiger partial charge in [-0.15, -0.1) is 13.2 Å². The summed E-state index contributed by atoms with van der Waals surface area (Å²) in [6.07, 6.45) is 3.21. The lowest BCUT2D eigenvalue weighted by molar-refractivity contribution is -0.139. The van der Waals surface area contributed by atoms with E-state index in [9.17, 15) is 9.50 Å². The minimum Gasteiger partial charge on any atom is -0.368 e. The van der Waals surface area contributed by atoms with Crippen molar-refractivity contribution in [3.05, 3.63) is 61.0 Å². The van der Waals surface area contributed by atoms with Gasteiger partial charge in [0.05, 0.1) is 6.10 Å². The normalized spacial score (nSPS) is 15.5. The molecule has 1 rings (SSSR count). The molecule has 0 heterocycles. The largest absolute Gasteiger partial charge is 0.368 e. The van der Waals surface area contributed by atoms with Crippen LogP contribution in [0.5, 0.6) is 0 Å². The number of aliphatic hydroxyl groups is 1. The fourth-order valence-electron chi connectivity index (χ4n) is 1.92. The van der Waals surface area contributed by atoms with E-state index in [0.717, 1.165) is 6.42 Å². The van der Waals surface area contributed by atoms with Gasteiger partial charge >= 0.3 is 0 Å². The minimum atomic E-state index is -1.03. The molecule has 0 fully saturated rings. The standard InChI is InChI=1S/C16H21FO2/c1-4-8-13(5-2)12(3)19-16(18)11-14-9-6-7-10-15(14)17/h4-7,9-10,12-13,16,18H,1-2,8,11H2,3H3. The van der Waals surface area contributed by atoms with Crippen molar-refractivity contribution < 1.29 is 14.2 Å². The van der Waals surface area contributed by atoms with Gasteiger partial charge in [0.15, 0.2) is 6.29 Å². The zero-order valence-electron chi connectivity index (χ0n) is 11.3. The van der Waals surface area contributed by atoms with Crippen LogP contribution in [0.2, 0.25) is 0 Å². The highest BCUT2D eigenvalue weighted by atomic mass is 19.1. The molecule has 0 aromatic heterocycles. The molecule has 1 aromatic rings. The lowest BCUT2D eigenvalue weighted by Gasteiger charge is -2.23. The monoisotopic (exact) mass is 264 g/mol. The number of benzene rings is 1. The highest BCUT2D eigenvalue weighted by Gasteiger charge is 2.18. The Labute approximate surface area is 114 Å². The summed E-state index contributed by atoms with van der Waals surface area (Å²) in [4.78, 5) is 0. The van der Waals surface area contributed by atoms with Crippen molar-refractivity contribution >= 4 is 0 Å². The van der Waals surface area contributed by atoms with Crippen molar-refractivity contribution in [2.75, 3.05) is 0 Å². The number of rotatable bonds is 8. The third-order valence-corrected chi connectivity index (χ3v) is 3.07. The Balaban J connectivity index is 2.55. The first-order valence-electron chi connectivity index (χ1n) is 6.38. The van der Waals surface area contributed by atoms with Crippen molar-refractivity contribution in [1.29, 1.82) is 0 Å². The molecule has 19 heavy (non-hydrogen) atoms. The molecule has 0 aliphatic heterocycles. The van der Waals surface area contributed by atoms with Gasteiger partial charge in [-0.3, -0.25) is 0 Å². The summed E-state index contributed by atoms with van der Waals surface area (Å²) in [6.45, 7) is 9.27. The van der Waals surface area contributed by atoms with Crippen LogP contribution in [0.3, 0.4) is 0 Å². The summed E-state index contributed by atoms with van der Waals surface area (Å²) < 4.78 is 18.9. The average Bonchev–Trinajstić information content (AvgIpc) is 2.38. The third kappa shape index (κ3) is 4.97. The van der Waals surface area contributed by atoms with Crippen LogP contribution in [-0.2, 0) is 11.2 Å². The summed E-state index contributed by atoms with van der Waals surface area (Å²) in [5, 5.41) is 9.86. The highest BCUT2D eigenvalue weighted by Crippen LogP contribution is 2.17. The molecular weight excluding hydrogens is 243 g/mol. The van der Waals surface area contributed by atoms with Crippen molar-refractivity contribution in [2.24, 2.45) is 5.92 Å². The number of aliphatic hydroxyl groups excluding tert-OH is 1. The minimum absolute atomic E-state index is 0.0905. The molecule has 0 aliphatic carbocycles. The van der Waals surface area contributed by atoms with Gasteiger partial charge in [0, 0.05) is 12.3 Å². The first-order chi connectivity index (χ1) is 9.08. The summed E-state index contributed by atoms with van der Waals surface area (Å²) in [6, 6.07) is 6.36. The Kier molecular flexibility index (Phi) is 6.46. The van der Waals surface area contributed by atoms with Crippen LogP contribution >= 0.6 is 0 Å². The molecule has 104 valence electrons. The molecule has 1 aromatic carbocycles. The summed E-state index contributed by atoms with van der Waals surface area (Å²) >= 11 is 0. The van der Waals surface area contributed by atoms with E-state index >= 15 is 0 Å². The molecule has 0 spiro atoms. The lowest BCUT2D eigenvalue weighted by Crippen LogP contribution is -2.27. The number of allylic oxidation sites excluding steroid dienone is 1. The first-order valence-corrected chi connectivity index (χ1v) is 6.38. The van der Waals surface area contributed by atoms with E-state index in [1.165, 1.54) is 6.07 Å². The van der Waals surface area contributed by atoms with E-state index in [0.29, 0.717) is 5.56 Å². The molecule has 0 saturated heterocycles. The van der Waals surface area contributed by atoms with E-state index in [-0.39, 0.29) is 24.3 Å². The van der Waals surface area contributed by atoms with Crippen molar-refractivity contribution in [3.8, 4) is 0 Å². The van der Waals surface area contributed by atoms with Gasteiger partial charge in [0.1, 0.15) is 5.82 Å².